The number of fused-ring (bicyclic) bond motifs is 1. The van der Waals surface area contributed by atoms with E-state index in [9.17, 15) is 31.9 Å². The van der Waals surface area contributed by atoms with E-state index in [1.165, 1.54) is 0 Å². The fourth-order valence-corrected chi connectivity index (χ4v) is 8.62. The summed E-state index contributed by atoms with van der Waals surface area (Å²) >= 11 is 0. The topological polar surface area (TPSA) is 247 Å². The molecule has 3 heterocycles. The molecule has 5 rings (SSSR count). The molecular weight excluding hydrogens is 1160 g/mol. The number of nitrogens with two attached hydrogens (primary N) is 1. The van der Waals surface area contributed by atoms with Gasteiger partial charge in [-0.15, -0.1) is 0 Å². The lowest BCUT2D eigenvalue weighted by Crippen LogP contribution is -2.42. The molecule has 1 saturated heterocycles. The number of esters is 1. The Morgan fingerprint density at radius 1 is 0.682 bits per heavy atom. The number of likely N-dealkylation sites (N-methyl/N-ethyl adjacent to an activating group) is 1. The summed E-state index contributed by atoms with van der Waals surface area (Å²) in [6.07, 6.45) is 5.96. The maximum Gasteiger partial charge on any atom is 0.313 e. The molecule has 0 spiro atoms. The van der Waals surface area contributed by atoms with Gasteiger partial charge in [-0.3, -0.25) is 24.3 Å². The summed E-state index contributed by atoms with van der Waals surface area (Å²) in [6, 6.07) is 9.08. The summed E-state index contributed by atoms with van der Waals surface area (Å²) in [7, 11) is 2.00. The highest BCUT2D eigenvalue weighted by Gasteiger charge is 2.27. The Balaban J connectivity index is 0.740. The third-order valence-electron chi connectivity index (χ3n) is 13.3. The molecule has 88 heavy (non-hydrogen) atoms. The van der Waals surface area contributed by atoms with Gasteiger partial charge in [-0.2, -0.15) is 8.78 Å². The molecular formula is C61H88F4N8O15. The molecule has 0 bridgehead atoms. The van der Waals surface area contributed by atoms with Gasteiger partial charge >= 0.3 is 5.97 Å². The Kier molecular flexibility index (Phi) is 35.2. The number of carbonyl (C=O) groups is 3. The first kappa shape index (κ1) is 72.5. The summed E-state index contributed by atoms with van der Waals surface area (Å²) in [5.41, 5.74) is 10.4. The van der Waals surface area contributed by atoms with Crippen LogP contribution in [0.15, 0.2) is 65.4 Å². The first-order valence-electron chi connectivity index (χ1n) is 29.8. The first-order valence-corrected chi connectivity index (χ1v) is 29.8. The number of hydrogen-bond acceptors (Lipinski definition) is 21. The molecule has 23 nitrogen and oxygen atoms in total. The molecule has 490 valence electrons. The van der Waals surface area contributed by atoms with Crippen LogP contribution >= 0.6 is 0 Å². The van der Waals surface area contributed by atoms with Gasteiger partial charge in [0.25, 0.3) is 5.91 Å². The summed E-state index contributed by atoms with van der Waals surface area (Å²) in [4.78, 5) is 57.4. The second-order valence-electron chi connectivity index (χ2n) is 20.0. The molecule has 2 aromatic carbocycles. The van der Waals surface area contributed by atoms with Crippen LogP contribution in [0.3, 0.4) is 0 Å². The number of pyridine rings is 1. The highest BCUT2D eigenvalue weighted by molar-refractivity contribution is 6.05. The largest absolute Gasteiger partial charge is 0.420 e. The number of nitrogens with zero attached hydrogens (tertiary/aromatic N) is 5. The number of allylic oxidation sites excluding steroid dienone is 1. The van der Waals surface area contributed by atoms with Crippen molar-refractivity contribution in [2.24, 2.45) is 16.6 Å². The average molecular weight is 1250 g/mol. The van der Waals surface area contributed by atoms with E-state index in [4.69, 9.17) is 57.9 Å². The number of nitrogens with one attached hydrogen (secondary N) is 2. The molecule has 0 aliphatic carbocycles. The highest BCUT2D eigenvalue weighted by Crippen LogP contribution is 2.32. The van der Waals surface area contributed by atoms with Crippen molar-refractivity contribution in [2.75, 3.05) is 195 Å². The first-order chi connectivity index (χ1) is 42.8. The number of benzene rings is 2. The molecule has 1 aromatic heterocycles. The fraction of sp³-hybridized carbons (Fsp3) is 0.590. The maximum absolute atomic E-state index is 13.6. The minimum atomic E-state index is -1.80. The van der Waals surface area contributed by atoms with Gasteiger partial charge in [-0.25, -0.2) is 18.8 Å². The van der Waals surface area contributed by atoms with Crippen LogP contribution in [-0.2, 0) is 61.8 Å². The third kappa shape index (κ3) is 27.7. The maximum atomic E-state index is 13.6. The van der Waals surface area contributed by atoms with Gasteiger partial charge in [0.2, 0.25) is 23.3 Å². The standard InChI is InChI=1S/C61H88F4N8O15/c1-5-15-73(87-6-2)45(3)49-40-47-7-8-48(41-53(47)70-54(66)42-49)61(76)69-50-9-10-55(68-44-50)72-16-11-46(12-17-72)60(75)67-14-18-71(4)19-21-78-23-25-80-27-29-82-31-33-84-35-37-86-39-38-85-36-34-83-32-30-81-28-26-79-24-22-77-20-13-56(74)88-59-57(64)51(62)43-52(63)58(59)65/h7-10,40-41,43-44,46H,3,5-6,11-39,42H2,1-2,4H3,(H2,66,70)(H,67,75)(H,69,76). The number of amides is 2. The molecule has 0 saturated carbocycles. The van der Waals surface area contributed by atoms with E-state index in [2.05, 4.69) is 48.6 Å². The molecule has 0 radical (unpaired) electrons. The summed E-state index contributed by atoms with van der Waals surface area (Å²) < 4.78 is 113. The van der Waals surface area contributed by atoms with Crippen molar-refractivity contribution in [3.8, 4) is 5.75 Å². The lowest BCUT2D eigenvalue weighted by atomic mass is 9.96. The van der Waals surface area contributed by atoms with Gasteiger partial charge in [-0.05, 0) is 69.1 Å². The van der Waals surface area contributed by atoms with Crippen molar-refractivity contribution in [2.45, 2.75) is 46.0 Å². The predicted octanol–water partition coefficient (Wildman–Crippen LogP) is 6.27. The second kappa shape index (κ2) is 42.7. The molecule has 1 fully saturated rings. The molecule has 4 N–H and O–H groups in total. The molecule has 3 aromatic rings. The van der Waals surface area contributed by atoms with Gasteiger partial charge in [0.1, 0.15) is 11.7 Å². The van der Waals surface area contributed by atoms with Crippen LogP contribution in [0.5, 0.6) is 5.75 Å². The van der Waals surface area contributed by atoms with E-state index in [1.54, 1.807) is 23.4 Å². The van der Waals surface area contributed by atoms with Crippen LogP contribution in [0.4, 0.5) is 34.8 Å². The van der Waals surface area contributed by atoms with Crippen LogP contribution in [-0.4, -0.2) is 224 Å². The van der Waals surface area contributed by atoms with Crippen molar-refractivity contribution in [1.82, 2.24) is 20.3 Å². The molecule has 2 amide bonds. The average Bonchev–Trinajstić information content (AvgIpc) is 3.25. The zero-order valence-electron chi connectivity index (χ0n) is 51.0. The Bertz CT molecular complexity index is 2590. The van der Waals surface area contributed by atoms with Crippen molar-refractivity contribution in [3.63, 3.8) is 0 Å². The van der Waals surface area contributed by atoms with Gasteiger partial charge in [0.15, 0.2) is 11.6 Å². The van der Waals surface area contributed by atoms with Crippen LogP contribution < -0.4 is 26.0 Å². The van der Waals surface area contributed by atoms with Gasteiger partial charge in [-0.1, -0.05) is 19.6 Å². The molecule has 0 atom stereocenters. The smallest absolute Gasteiger partial charge is 0.313 e. The lowest BCUT2D eigenvalue weighted by Gasteiger charge is -2.32. The number of aliphatic imine (C=N–C) groups is 1. The lowest BCUT2D eigenvalue weighted by molar-refractivity contribution is -0.136. The van der Waals surface area contributed by atoms with Gasteiger partial charge in [0.05, 0.1) is 168 Å². The Labute approximate surface area is 513 Å². The van der Waals surface area contributed by atoms with E-state index in [-0.39, 0.29) is 50.2 Å². The number of carbonyl (C=O) groups excluding carboxylic acids is 3. The van der Waals surface area contributed by atoms with Crippen LogP contribution in [0.2, 0.25) is 0 Å². The molecule has 27 heteroatoms. The van der Waals surface area contributed by atoms with Gasteiger partial charge < -0.3 is 78.3 Å². The summed E-state index contributed by atoms with van der Waals surface area (Å²) in [6.45, 7) is 20.1. The zero-order valence-corrected chi connectivity index (χ0v) is 51.0. The number of halogens is 4. The minimum Gasteiger partial charge on any atom is -0.420 e. The summed E-state index contributed by atoms with van der Waals surface area (Å²) in [5.74, 6) is -8.62. The predicted molar refractivity (Wildman–Crippen MR) is 320 cm³/mol. The van der Waals surface area contributed by atoms with E-state index in [0.29, 0.717) is 187 Å². The van der Waals surface area contributed by atoms with Crippen molar-refractivity contribution in [3.05, 3.63) is 94.8 Å². The Morgan fingerprint density at radius 3 is 1.70 bits per heavy atom. The monoisotopic (exact) mass is 1250 g/mol. The van der Waals surface area contributed by atoms with Crippen LogP contribution in [0.25, 0.3) is 6.08 Å². The van der Waals surface area contributed by atoms with Crippen LogP contribution in [0, 0.1) is 29.2 Å². The number of hydrogen-bond donors (Lipinski definition) is 3. The molecule has 2 aliphatic heterocycles. The number of anilines is 2. The minimum absolute atomic E-state index is 0.0162. The van der Waals surface area contributed by atoms with Crippen molar-refractivity contribution >= 4 is 46.9 Å². The number of piperidine rings is 1. The third-order valence-corrected chi connectivity index (χ3v) is 13.3. The number of amidine groups is 1. The highest BCUT2D eigenvalue weighted by atomic mass is 19.2. The number of rotatable bonds is 47. The zero-order chi connectivity index (χ0) is 63.1. The normalized spacial score (nSPS) is 13.5. The quantitative estimate of drug-likeness (QED) is 0.0141. The fourth-order valence-electron chi connectivity index (χ4n) is 8.62. The Hall–Kier alpha value is -6.21. The second-order valence-corrected chi connectivity index (χ2v) is 20.0. The number of ether oxygens (including phenoxy) is 11. The van der Waals surface area contributed by atoms with Crippen molar-refractivity contribution < 1.29 is 88.9 Å². The van der Waals surface area contributed by atoms with E-state index in [0.717, 1.165) is 35.6 Å². The molecule has 0 unspecified atom stereocenters. The van der Waals surface area contributed by atoms with E-state index < -0.39 is 41.4 Å². The van der Waals surface area contributed by atoms with Gasteiger partial charge in [0, 0.05) is 68.8 Å². The number of hydroxylamine groups is 2. The SMILES string of the molecule is C=C(C1=Cc2ccc(C(=O)Nc3ccc(N4CCC(C(=O)NCCN(C)CCOCCOCCOCCOCCOCCOCCOCCOCCOCCOCCC(=O)Oc5c(F)c(F)cc(F)c5F)CC4)nc3)cc2N=C(N)C1)N(CCC)OCC. The van der Waals surface area contributed by atoms with E-state index >= 15 is 0 Å². The summed E-state index contributed by atoms with van der Waals surface area (Å²) in [5, 5.41) is 7.83. The van der Waals surface area contributed by atoms with E-state index in [1.807, 2.05) is 38.2 Å². The Morgan fingerprint density at radius 2 is 1.20 bits per heavy atom. The number of aromatic nitrogens is 1. The van der Waals surface area contributed by atoms with Crippen molar-refractivity contribution in [1.29, 1.82) is 0 Å². The van der Waals surface area contributed by atoms with Crippen LogP contribution in [0.1, 0.15) is 61.9 Å². The molecule has 2 aliphatic rings.